The van der Waals surface area contributed by atoms with Crippen LogP contribution in [0.4, 0.5) is 0 Å². The topological polar surface area (TPSA) is 51.0 Å². The lowest BCUT2D eigenvalue weighted by molar-refractivity contribution is 0.276. The highest BCUT2D eigenvalue weighted by atomic mass is 16.5. The van der Waals surface area contributed by atoms with Gasteiger partial charge in [-0.1, -0.05) is 24.9 Å². The molecule has 1 aromatic rings. The first-order valence-electron chi connectivity index (χ1n) is 6.87. The highest BCUT2D eigenvalue weighted by molar-refractivity contribution is 4.80. The molecule has 0 aliphatic heterocycles. The third kappa shape index (κ3) is 4.11. The zero-order valence-electron chi connectivity index (χ0n) is 10.7. The molecule has 0 saturated heterocycles. The molecule has 1 saturated carbocycles. The molecular formula is C13H23N3O. The van der Waals surface area contributed by atoms with Gasteiger partial charge < -0.3 is 9.84 Å². The average molecular weight is 237 g/mol. The van der Waals surface area contributed by atoms with Crippen molar-refractivity contribution in [1.29, 1.82) is 0 Å². The molecule has 2 rings (SSSR count). The minimum Gasteiger partial charge on any atom is -0.340 e. The molecule has 0 radical (unpaired) electrons. The van der Waals surface area contributed by atoms with E-state index in [9.17, 15) is 0 Å². The van der Waals surface area contributed by atoms with E-state index in [1.165, 1.54) is 44.9 Å². The number of nitrogens with zero attached hydrogens (tertiary/aromatic N) is 2. The van der Waals surface area contributed by atoms with Crippen molar-refractivity contribution in [3.8, 4) is 0 Å². The van der Waals surface area contributed by atoms with Gasteiger partial charge in [-0.15, -0.1) is 0 Å². The Balaban J connectivity index is 1.58. The Morgan fingerprint density at radius 2 is 2.18 bits per heavy atom. The van der Waals surface area contributed by atoms with Gasteiger partial charge in [0, 0.05) is 19.0 Å². The Kier molecular flexibility index (Phi) is 4.98. The van der Waals surface area contributed by atoms with Crippen LogP contribution in [0, 0.1) is 5.92 Å². The summed E-state index contributed by atoms with van der Waals surface area (Å²) in [6, 6.07) is 0.700. The summed E-state index contributed by atoms with van der Waals surface area (Å²) in [6.45, 7) is 3.24. The van der Waals surface area contributed by atoms with Gasteiger partial charge in [-0.25, -0.2) is 0 Å². The second kappa shape index (κ2) is 6.74. The Morgan fingerprint density at radius 1 is 1.35 bits per heavy atom. The van der Waals surface area contributed by atoms with Gasteiger partial charge in [0.2, 0.25) is 5.89 Å². The predicted octanol–water partition coefficient (Wildman–Crippen LogP) is 2.56. The summed E-state index contributed by atoms with van der Waals surface area (Å²) in [5.41, 5.74) is 0. The summed E-state index contributed by atoms with van der Waals surface area (Å²) >= 11 is 0. The van der Waals surface area contributed by atoms with E-state index < -0.39 is 0 Å². The maximum atomic E-state index is 4.97. The molecule has 17 heavy (non-hydrogen) atoms. The first-order valence-corrected chi connectivity index (χ1v) is 6.87. The number of hydrogen-bond acceptors (Lipinski definition) is 4. The van der Waals surface area contributed by atoms with Crippen molar-refractivity contribution in [2.45, 2.75) is 57.9 Å². The van der Waals surface area contributed by atoms with Crippen LogP contribution in [0.5, 0.6) is 0 Å². The molecule has 0 unspecified atom stereocenters. The zero-order valence-corrected chi connectivity index (χ0v) is 10.7. The fourth-order valence-electron chi connectivity index (χ4n) is 2.75. The fourth-order valence-corrected chi connectivity index (χ4v) is 2.75. The fraction of sp³-hybridized carbons (Fsp3) is 0.846. The van der Waals surface area contributed by atoms with Crippen LogP contribution in [0.2, 0.25) is 0 Å². The quantitative estimate of drug-likeness (QED) is 0.826. The summed E-state index contributed by atoms with van der Waals surface area (Å²) in [5, 5.41) is 7.20. The van der Waals surface area contributed by atoms with Crippen molar-refractivity contribution in [1.82, 2.24) is 15.5 Å². The molecule has 0 spiro atoms. The van der Waals surface area contributed by atoms with Crippen LogP contribution in [-0.2, 0) is 6.42 Å². The summed E-state index contributed by atoms with van der Waals surface area (Å²) in [4.78, 5) is 4.02. The van der Waals surface area contributed by atoms with E-state index in [0.29, 0.717) is 6.04 Å². The molecule has 0 bridgehead atoms. The second-order valence-corrected chi connectivity index (χ2v) is 5.05. The first kappa shape index (κ1) is 12.6. The third-order valence-electron chi connectivity index (χ3n) is 3.72. The lowest BCUT2D eigenvalue weighted by atomic mass is 9.83. The molecule has 4 nitrogen and oxygen atoms in total. The van der Waals surface area contributed by atoms with Crippen molar-refractivity contribution < 1.29 is 4.52 Å². The molecule has 96 valence electrons. The van der Waals surface area contributed by atoms with Gasteiger partial charge in [-0.2, -0.15) is 4.98 Å². The van der Waals surface area contributed by atoms with E-state index in [0.717, 1.165) is 24.8 Å². The van der Waals surface area contributed by atoms with Gasteiger partial charge in [0.05, 0.1) is 0 Å². The average Bonchev–Trinajstić information content (AvgIpc) is 2.85. The van der Waals surface area contributed by atoms with E-state index in [-0.39, 0.29) is 0 Å². The van der Waals surface area contributed by atoms with Gasteiger partial charge in [0.15, 0.2) is 6.33 Å². The smallest absolute Gasteiger partial charge is 0.227 e. The van der Waals surface area contributed by atoms with Gasteiger partial charge in [0.1, 0.15) is 0 Å². The molecule has 1 aliphatic rings. The van der Waals surface area contributed by atoms with Gasteiger partial charge >= 0.3 is 0 Å². The second-order valence-electron chi connectivity index (χ2n) is 5.05. The molecule has 0 aromatic carbocycles. The van der Waals surface area contributed by atoms with Crippen molar-refractivity contribution in [3.63, 3.8) is 0 Å². The van der Waals surface area contributed by atoms with E-state index in [1.807, 2.05) is 0 Å². The minimum absolute atomic E-state index is 0.700. The standard InChI is InChI=1S/C13H23N3O/c1-2-3-11-4-6-12(7-5-11)14-9-8-13-15-10-16-17-13/h10-12,14H,2-9H2,1H3. The van der Waals surface area contributed by atoms with Crippen molar-refractivity contribution in [2.75, 3.05) is 6.54 Å². The molecule has 4 heteroatoms. The highest BCUT2D eigenvalue weighted by Gasteiger charge is 2.19. The Morgan fingerprint density at radius 3 is 2.82 bits per heavy atom. The molecular weight excluding hydrogens is 214 g/mol. The summed E-state index contributed by atoms with van der Waals surface area (Å²) in [6.07, 6.45) is 10.5. The number of aromatic nitrogens is 2. The lowest BCUT2D eigenvalue weighted by Gasteiger charge is -2.28. The van der Waals surface area contributed by atoms with E-state index in [1.54, 1.807) is 0 Å². The van der Waals surface area contributed by atoms with E-state index >= 15 is 0 Å². The molecule has 1 fully saturated rings. The summed E-state index contributed by atoms with van der Waals surface area (Å²) in [7, 11) is 0. The number of nitrogens with one attached hydrogen (secondary N) is 1. The van der Waals surface area contributed by atoms with Crippen LogP contribution < -0.4 is 5.32 Å². The van der Waals surface area contributed by atoms with Crippen LogP contribution in [0.15, 0.2) is 10.9 Å². The maximum Gasteiger partial charge on any atom is 0.227 e. The predicted molar refractivity (Wildman–Crippen MR) is 66.7 cm³/mol. The normalized spacial score (nSPS) is 25.0. The summed E-state index contributed by atoms with van der Waals surface area (Å²) in [5.74, 6) is 1.71. The number of rotatable bonds is 6. The monoisotopic (exact) mass is 237 g/mol. The van der Waals surface area contributed by atoms with Crippen LogP contribution in [0.3, 0.4) is 0 Å². The van der Waals surface area contributed by atoms with Crippen LogP contribution in [0.25, 0.3) is 0 Å². The minimum atomic E-state index is 0.700. The first-order chi connectivity index (χ1) is 8.38. The zero-order chi connectivity index (χ0) is 11.9. The van der Waals surface area contributed by atoms with Crippen LogP contribution >= 0.6 is 0 Å². The third-order valence-corrected chi connectivity index (χ3v) is 3.72. The van der Waals surface area contributed by atoms with E-state index in [4.69, 9.17) is 4.52 Å². The molecule has 0 amide bonds. The van der Waals surface area contributed by atoms with Gasteiger partial charge in [-0.3, -0.25) is 0 Å². The molecule has 1 aromatic heterocycles. The largest absolute Gasteiger partial charge is 0.340 e. The molecule has 0 atom stereocenters. The molecule has 1 N–H and O–H groups in total. The number of hydrogen-bond donors (Lipinski definition) is 1. The Hall–Kier alpha value is -0.900. The van der Waals surface area contributed by atoms with Crippen molar-refractivity contribution >= 4 is 0 Å². The Labute approximate surface area is 103 Å². The van der Waals surface area contributed by atoms with E-state index in [2.05, 4.69) is 22.4 Å². The van der Waals surface area contributed by atoms with Crippen LogP contribution in [0.1, 0.15) is 51.3 Å². The van der Waals surface area contributed by atoms with Gasteiger partial charge in [-0.05, 0) is 31.6 Å². The highest BCUT2D eigenvalue weighted by Crippen LogP contribution is 2.27. The molecule has 1 heterocycles. The Bertz CT molecular complexity index is 292. The van der Waals surface area contributed by atoms with Crippen molar-refractivity contribution in [2.24, 2.45) is 5.92 Å². The van der Waals surface area contributed by atoms with Crippen molar-refractivity contribution in [3.05, 3.63) is 12.2 Å². The molecule has 1 aliphatic carbocycles. The van der Waals surface area contributed by atoms with Crippen LogP contribution in [-0.4, -0.2) is 22.7 Å². The maximum absolute atomic E-state index is 4.97. The SMILES string of the molecule is CCCC1CCC(NCCc2ncno2)CC1. The lowest BCUT2D eigenvalue weighted by Crippen LogP contribution is -2.34. The van der Waals surface area contributed by atoms with Gasteiger partial charge in [0.25, 0.3) is 0 Å². The summed E-state index contributed by atoms with van der Waals surface area (Å²) < 4.78 is 4.97.